The second-order valence-electron chi connectivity index (χ2n) is 5.62. The minimum atomic E-state index is 0.00626. The Labute approximate surface area is 118 Å². The highest BCUT2D eigenvalue weighted by Crippen LogP contribution is 2.26. The van der Waals surface area contributed by atoms with Gasteiger partial charge in [-0.3, -0.25) is 0 Å². The number of aromatic nitrogens is 1. The fraction of sp³-hybridized carbons (Fsp3) is 0.375. The van der Waals surface area contributed by atoms with Crippen LogP contribution >= 0.6 is 0 Å². The third kappa shape index (κ3) is 2.45. The van der Waals surface area contributed by atoms with Gasteiger partial charge in [-0.15, -0.1) is 0 Å². The van der Waals surface area contributed by atoms with Gasteiger partial charge in [0, 0.05) is 10.9 Å². The van der Waals surface area contributed by atoms with E-state index >= 15 is 0 Å². The van der Waals surface area contributed by atoms with E-state index in [0.717, 1.165) is 36.8 Å². The molecule has 0 bridgehead atoms. The van der Waals surface area contributed by atoms with Crippen LogP contribution in [0.3, 0.4) is 0 Å². The Bertz CT molecular complexity index is 666. The predicted octanol–water partition coefficient (Wildman–Crippen LogP) is 2.66. The van der Waals surface area contributed by atoms with Crippen molar-refractivity contribution < 1.29 is 0 Å². The number of anilines is 1. The average molecular weight is 266 g/mol. The van der Waals surface area contributed by atoms with Gasteiger partial charge in [-0.25, -0.2) is 4.98 Å². The molecule has 0 atom stereocenters. The van der Waals surface area contributed by atoms with Crippen molar-refractivity contribution in [3.63, 3.8) is 0 Å². The molecular formula is C16H18N4. The van der Waals surface area contributed by atoms with Crippen molar-refractivity contribution in [1.29, 1.82) is 5.26 Å². The third-order valence-corrected chi connectivity index (χ3v) is 3.97. The summed E-state index contributed by atoms with van der Waals surface area (Å²) >= 11 is 0. The molecule has 1 aromatic carbocycles. The van der Waals surface area contributed by atoms with E-state index in [-0.39, 0.29) is 5.54 Å². The summed E-state index contributed by atoms with van der Waals surface area (Å²) < 4.78 is 0. The van der Waals surface area contributed by atoms with Gasteiger partial charge in [-0.1, -0.05) is 18.2 Å². The highest BCUT2D eigenvalue weighted by atomic mass is 15.1. The number of rotatable bonds is 2. The van der Waals surface area contributed by atoms with Crippen LogP contribution in [0.25, 0.3) is 10.9 Å². The zero-order valence-electron chi connectivity index (χ0n) is 11.6. The molecule has 0 spiro atoms. The van der Waals surface area contributed by atoms with Crippen molar-refractivity contribution in [3.05, 3.63) is 35.9 Å². The lowest BCUT2D eigenvalue weighted by Gasteiger charge is -2.35. The van der Waals surface area contributed by atoms with Gasteiger partial charge < -0.3 is 10.6 Å². The van der Waals surface area contributed by atoms with Crippen LogP contribution < -0.4 is 10.6 Å². The fourth-order valence-corrected chi connectivity index (χ4v) is 2.69. The molecule has 1 saturated heterocycles. The van der Waals surface area contributed by atoms with Gasteiger partial charge in [-0.2, -0.15) is 5.26 Å². The topological polar surface area (TPSA) is 60.7 Å². The summed E-state index contributed by atoms with van der Waals surface area (Å²) in [5.74, 6) is 0.704. The van der Waals surface area contributed by atoms with Gasteiger partial charge in [0.05, 0.1) is 11.1 Å². The van der Waals surface area contributed by atoms with Crippen LogP contribution in [0.1, 0.15) is 25.3 Å². The van der Waals surface area contributed by atoms with Crippen LogP contribution in [0.4, 0.5) is 5.82 Å². The first-order chi connectivity index (χ1) is 9.70. The Balaban J connectivity index is 1.99. The molecule has 2 heterocycles. The van der Waals surface area contributed by atoms with E-state index in [2.05, 4.69) is 28.6 Å². The Kier molecular flexibility index (Phi) is 3.29. The molecule has 0 radical (unpaired) electrons. The molecule has 4 heteroatoms. The maximum absolute atomic E-state index is 9.35. The van der Waals surface area contributed by atoms with Crippen molar-refractivity contribution >= 4 is 16.7 Å². The lowest BCUT2D eigenvalue weighted by atomic mass is 9.90. The molecule has 20 heavy (non-hydrogen) atoms. The molecule has 4 nitrogen and oxygen atoms in total. The molecule has 2 N–H and O–H groups in total. The maximum Gasteiger partial charge on any atom is 0.145 e. The first-order valence-corrected chi connectivity index (χ1v) is 6.99. The van der Waals surface area contributed by atoms with Crippen LogP contribution in [0, 0.1) is 11.3 Å². The molecule has 0 amide bonds. The molecule has 3 rings (SSSR count). The molecule has 0 unspecified atom stereocenters. The number of fused-ring (bicyclic) bond motifs is 1. The van der Waals surface area contributed by atoms with Crippen molar-refractivity contribution in [2.45, 2.75) is 25.3 Å². The Morgan fingerprint density at radius 2 is 2.05 bits per heavy atom. The van der Waals surface area contributed by atoms with Crippen molar-refractivity contribution in [2.75, 3.05) is 18.4 Å². The summed E-state index contributed by atoms with van der Waals surface area (Å²) in [6, 6.07) is 12.1. The zero-order chi connectivity index (χ0) is 14.0. The molecule has 0 saturated carbocycles. The summed E-state index contributed by atoms with van der Waals surface area (Å²) in [7, 11) is 0. The van der Waals surface area contributed by atoms with Crippen LogP contribution in [0.2, 0.25) is 0 Å². The largest absolute Gasteiger partial charge is 0.364 e. The number of benzene rings is 1. The SMILES string of the molecule is CC1(Nc2nc3ccccc3cc2C#N)CCNCC1. The van der Waals surface area contributed by atoms with Gasteiger partial charge in [0.1, 0.15) is 11.9 Å². The minimum absolute atomic E-state index is 0.00626. The van der Waals surface area contributed by atoms with Gasteiger partial charge in [0.2, 0.25) is 0 Å². The van der Waals surface area contributed by atoms with E-state index in [0.29, 0.717) is 11.4 Å². The molecule has 1 aromatic heterocycles. The number of hydrogen-bond donors (Lipinski definition) is 2. The lowest BCUT2D eigenvalue weighted by Crippen LogP contribution is -2.45. The highest BCUT2D eigenvalue weighted by molar-refractivity contribution is 5.82. The maximum atomic E-state index is 9.35. The van der Waals surface area contributed by atoms with Gasteiger partial charge >= 0.3 is 0 Å². The first kappa shape index (κ1) is 12.9. The summed E-state index contributed by atoms with van der Waals surface area (Å²) in [4.78, 5) is 4.63. The fourth-order valence-electron chi connectivity index (χ4n) is 2.69. The number of hydrogen-bond acceptors (Lipinski definition) is 4. The predicted molar refractivity (Wildman–Crippen MR) is 80.6 cm³/mol. The normalized spacial score (nSPS) is 17.6. The number of nitriles is 1. The molecule has 1 fully saturated rings. The van der Waals surface area contributed by atoms with Crippen LogP contribution in [-0.4, -0.2) is 23.6 Å². The van der Waals surface area contributed by atoms with E-state index in [1.807, 2.05) is 30.3 Å². The van der Waals surface area contributed by atoms with Gasteiger partial charge in [0.25, 0.3) is 0 Å². The summed E-state index contributed by atoms with van der Waals surface area (Å²) in [6.07, 6.45) is 2.07. The molecule has 1 aliphatic heterocycles. The second-order valence-corrected chi connectivity index (χ2v) is 5.62. The quantitative estimate of drug-likeness (QED) is 0.877. The monoisotopic (exact) mass is 266 g/mol. The van der Waals surface area contributed by atoms with E-state index in [1.54, 1.807) is 0 Å². The molecule has 1 aliphatic rings. The third-order valence-electron chi connectivity index (χ3n) is 3.97. The smallest absolute Gasteiger partial charge is 0.145 e. The number of para-hydroxylation sites is 1. The highest BCUT2D eigenvalue weighted by Gasteiger charge is 2.27. The standard InChI is InChI=1S/C16H18N4/c1-16(6-8-18-9-7-16)20-15-13(11-17)10-12-4-2-3-5-14(12)19-15/h2-5,10,18H,6-9H2,1H3,(H,19,20). The second kappa shape index (κ2) is 5.10. The van der Waals surface area contributed by atoms with Crippen molar-refractivity contribution in [2.24, 2.45) is 0 Å². The van der Waals surface area contributed by atoms with E-state index in [4.69, 9.17) is 0 Å². The number of pyridine rings is 1. The van der Waals surface area contributed by atoms with Gasteiger partial charge in [0.15, 0.2) is 0 Å². The summed E-state index contributed by atoms with van der Waals surface area (Å²) in [5, 5.41) is 17.2. The van der Waals surface area contributed by atoms with E-state index < -0.39 is 0 Å². The van der Waals surface area contributed by atoms with E-state index in [9.17, 15) is 5.26 Å². The van der Waals surface area contributed by atoms with Crippen molar-refractivity contribution in [1.82, 2.24) is 10.3 Å². The lowest BCUT2D eigenvalue weighted by molar-refractivity contribution is 0.364. The molecule has 0 aliphatic carbocycles. The number of piperidine rings is 1. The number of nitrogens with zero attached hydrogens (tertiary/aromatic N) is 2. The van der Waals surface area contributed by atoms with Crippen LogP contribution in [0.15, 0.2) is 30.3 Å². The van der Waals surface area contributed by atoms with E-state index in [1.165, 1.54) is 0 Å². The summed E-state index contributed by atoms with van der Waals surface area (Å²) in [6.45, 7) is 4.20. The average Bonchev–Trinajstić information content (AvgIpc) is 2.47. The van der Waals surface area contributed by atoms with Crippen LogP contribution in [0.5, 0.6) is 0 Å². The van der Waals surface area contributed by atoms with Crippen LogP contribution in [-0.2, 0) is 0 Å². The Hall–Kier alpha value is -2.12. The number of nitrogens with one attached hydrogen (secondary N) is 2. The Morgan fingerprint density at radius 3 is 2.80 bits per heavy atom. The van der Waals surface area contributed by atoms with Crippen molar-refractivity contribution in [3.8, 4) is 6.07 Å². The molecule has 102 valence electrons. The van der Waals surface area contributed by atoms with Gasteiger partial charge in [-0.05, 0) is 45.0 Å². The molecule has 2 aromatic rings. The zero-order valence-corrected chi connectivity index (χ0v) is 11.6. The first-order valence-electron chi connectivity index (χ1n) is 6.99. The minimum Gasteiger partial charge on any atom is -0.364 e. The summed E-state index contributed by atoms with van der Waals surface area (Å²) in [5.41, 5.74) is 1.54. The Morgan fingerprint density at radius 1 is 1.30 bits per heavy atom. The molecular weight excluding hydrogens is 248 g/mol.